The maximum absolute atomic E-state index is 13.3. The molecular formula is C25H29N7O4. The number of ether oxygens (including phenoxy) is 2. The normalized spacial score (nSPS) is 30.2. The van der Waals surface area contributed by atoms with Gasteiger partial charge in [-0.15, -0.1) is 5.10 Å². The van der Waals surface area contributed by atoms with Gasteiger partial charge in [-0.2, -0.15) is 0 Å². The Morgan fingerprint density at radius 3 is 2.69 bits per heavy atom. The van der Waals surface area contributed by atoms with E-state index in [0.29, 0.717) is 40.4 Å². The Kier molecular flexibility index (Phi) is 5.03. The Balaban J connectivity index is 1.17. The van der Waals surface area contributed by atoms with E-state index in [4.69, 9.17) is 9.47 Å². The van der Waals surface area contributed by atoms with Crippen molar-refractivity contribution in [2.24, 2.45) is 11.8 Å². The minimum absolute atomic E-state index is 0.0124. The van der Waals surface area contributed by atoms with Crippen LogP contribution in [0, 0.1) is 11.8 Å². The zero-order chi connectivity index (χ0) is 24.4. The maximum Gasteiger partial charge on any atom is 0.274 e. The summed E-state index contributed by atoms with van der Waals surface area (Å²) in [6, 6.07) is 5.46. The minimum Gasteiger partial charge on any atom is -0.385 e. The summed E-state index contributed by atoms with van der Waals surface area (Å²) >= 11 is 0. The fraction of sp³-hybridized carbons (Fsp3) is 0.520. The first-order valence-electron chi connectivity index (χ1n) is 12.7. The third-order valence-corrected chi connectivity index (χ3v) is 8.28. The SMILES string of the molecule is CNc1cc(Nc2cccn([C@@H]3C[C@H]4CCO[C@H]43)c2=O)nn2c(C(=O)N[C@H]3C[C@@H]4CCO[C@@H]43)cnc12. The van der Waals surface area contributed by atoms with Crippen LogP contribution in [-0.2, 0) is 9.47 Å². The molecule has 0 bridgehead atoms. The quantitative estimate of drug-likeness (QED) is 0.478. The lowest BCUT2D eigenvalue weighted by molar-refractivity contribution is -0.0195. The van der Waals surface area contributed by atoms with E-state index in [9.17, 15) is 9.59 Å². The monoisotopic (exact) mass is 491 g/mol. The van der Waals surface area contributed by atoms with Crippen LogP contribution in [0.5, 0.6) is 0 Å². The molecule has 0 radical (unpaired) electrons. The van der Waals surface area contributed by atoms with Gasteiger partial charge >= 0.3 is 0 Å². The van der Waals surface area contributed by atoms with Crippen molar-refractivity contribution in [1.29, 1.82) is 0 Å². The minimum atomic E-state index is -0.244. The Morgan fingerprint density at radius 2 is 1.92 bits per heavy atom. The van der Waals surface area contributed by atoms with Crippen LogP contribution in [0.15, 0.2) is 35.4 Å². The van der Waals surface area contributed by atoms with Gasteiger partial charge in [-0.25, -0.2) is 9.50 Å². The largest absolute Gasteiger partial charge is 0.385 e. The highest BCUT2D eigenvalue weighted by molar-refractivity contribution is 5.94. The molecule has 4 aliphatic rings. The van der Waals surface area contributed by atoms with Gasteiger partial charge in [0.05, 0.1) is 36.2 Å². The molecular weight excluding hydrogens is 462 g/mol. The van der Waals surface area contributed by atoms with Crippen LogP contribution in [0.4, 0.5) is 17.2 Å². The maximum atomic E-state index is 13.3. The summed E-state index contributed by atoms with van der Waals surface area (Å²) in [7, 11) is 1.78. The number of carbonyl (C=O) groups is 1. The first-order valence-corrected chi connectivity index (χ1v) is 12.7. The third-order valence-electron chi connectivity index (χ3n) is 8.28. The van der Waals surface area contributed by atoms with Gasteiger partial charge in [-0.1, -0.05) is 0 Å². The predicted octanol–water partition coefficient (Wildman–Crippen LogP) is 1.93. The smallest absolute Gasteiger partial charge is 0.274 e. The molecule has 3 N–H and O–H groups in total. The summed E-state index contributed by atoms with van der Waals surface area (Å²) in [5.74, 6) is 1.28. The van der Waals surface area contributed by atoms with Crippen molar-refractivity contribution in [2.75, 3.05) is 30.9 Å². The van der Waals surface area contributed by atoms with E-state index >= 15 is 0 Å². The van der Waals surface area contributed by atoms with E-state index in [1.165, 1.54) is 10.7 Å². The van der Waals surface area contributed by atoms with Crippen molar-refractivity contribution < 1.29 is 14.3 Å². The number of nitrogens with zero attached hydrogens (tertiary/aromatic N) is 4. The molecule has 4 fully saturated rings. The van der Waals surface area contributed by atoms with Crippen molar-refractivity contribution in [1.82, 2.24) is 24.5 Å². The van der Waals surface area contributed by atoms with Crippen LogP contribution in [-0.4, -0.2) is 63.6 Å². The molecule has 0 unspecified atom stereocenters. The molecule has 2 saturated heterocycles. The highest BCUT2D eigenvalue weighted by Crippen LogP contribution is 2.45. The molecule has 0 aromatic carbocycles. The van der Waals surface area contributed by atoms with Crippen molar-refractivity contribution in [2.45, 2.75) is 50.0 Å². The second kappa shape index (κ2) is 8.31. The van der Waals surface area contributed by atoms with Crippen LogP contribution in [0.25, 0.3) is 5.65 Å². The second-order valence-corrected chi connectivity index (χ2v) is 10.2. The van der Waals surface area contributed by atoms with E-state index in [1.54, 1.807) is 23.7 Å². The fourth-order valence-electron chi connectivity index (χ4n) is 6.23. The molecule has 2 saturated carbocycles. The summed E-state index contributed by atoms with van der Waals surface area (Å²) in [5.41, 5.74) is 1.84. The number of amides is 1. The summed E-state index contributed by atoms with van der Waals surface area (Å²) < 4.78 is 14.9. The van der Waals surface area contributed by atoms with Crippen LogP contribution >= 0.6 is 0 Å². The van der Waals surface area contributed by atoms with Gasteiger partial charge in [0.1, 0.15) is 5.69 Å². The molecule has 11 nitrogen and oxygen atoms in total. The fourth-order valence-corrected chi connectivity index (χ4v) is 6.23. The molecule has 1 amide bonds. The Morgan fingerprint density at radius 1 is 1.11 bits per heavy atom. The average molecular weight is 492 g/mol. The van der Waals surface area contributed by atoms with Crippen LogP contribution in [0.3, 0.4) is 0 Å². The Bertz CT molecular complexity index is 1400. The van der Waals surface area contributed by atoms with Crippen molar-refractivity contribution >= 4 is 28.7 Å². The molecule has 188 valence electrons. The first-order chi connectivity index (χ1) is 17.6. The Labute approximate surface area is 207 Å². The van der Waals surface area contributed by atoms with Gasteiger partial charge in [-0.3, -0.25) is 9.59 Å². The topological polar surface area (TPSA) is 124 Å². The first kappa shape index (κ1) is 21.8. The van der Waals surface area contributed by atoms with Gasteiger partial charge < -0.3 is 30.0 Å². The number of fused-ring (bicyclic) bond motifs is 3. The van der Waals surface area contributed by atoms with Gasteiger partial charge in [0.2, 0.25) is 0 Å². The van der Waals surface area contributed by atoms with Crippen LogP contribution in [0.2, 0.25) is 0 Å². The van der Waals surface area contributed by atoms with Gasteiger partial charge in [0, 0.05) is 32.5 Å². The number of aromatic nitrogens is 4. The summed E-state index contributed by atoms with van der Waals surface area (Å²) in [4.78, 5) is 30.8. The number of hydrogen-bond donors (Lipinski definition) is 3. The van der Waals surface area contributed by atoms with Crippen LogP contribution < -0.4 is 21.5 Å². The third kappa shape index (κ3) is 3.33. The number of rotatable bonds is 6. The lowest BCUT2D eigenvalue weighted by atomic mass is 9.76. The molecule has 6 atom stereocenters. The van der Waals surface area contributed by atoms with Crippen molar-refractivity contribution in [3.05, 3.63) is 46.6 Å². The molecule has 2 aliphatic carbocycles. The predicted molar refractivity (Wildman–Crippen MR) is 132 cm³/mol. The summed E-state index contributed by atoms with van der Waals surface area (Å²) in [6.45, 7) is 1.53. The van der Waals surface area contributed by atoms with E-state index in [0.717, 1.165) is 38.9 Å². The van der Waals surface area contributed by atoms with Gasteiger partial charge in [0.25, 0.3) is 11.5 Å². The molecule has 0 spiro atoms. The molecule has 7 rings (SSSR count). The van der Waals surface area contributed by atoms with Gasteiger partial charge in [0.15, 0.2) is 17.2 Å². The average Bonchev–Trinajstić information content (AvgIpc) is 3.56. The van der Waals surface area contributed by atoms with E-state index in [2.05, 4.69) is 26.0 Å². The lowest BCUT2D eigenvalue weighted by Crippen LogP contribution is -2.54. The lowest BCUT2D eigenvalue weighted by Gasteiger charge is -2.40. The zero-order valence-corrected chi connectivity index (χ0v) is 20.0. The zero-order valence-electron chi connectivity index (χ0n) is 20.0. The van der Waals surface area contributed by atoms with E-state index in [-0.39, 0.29) is 35.8 Å². The summed E-state index contributed by atoms with van der Waals surface area (Å²) in [6.07, 6.45) is 7.60. The number of carbonyl (C=O) groups excluding carboxylic acids is 1. The molecule has 36 heavy (non-hydrogen) atoms. The molecule has 3 aromatic rings. The number of nitrogens with one attached hydrogen (secondary N) is 3. The molecule has 3 aromatic heterocycles. The number of pyridine rings is 1. The standard InChI is InChI=1S/C25H29N7O4/c1-26-17-11-20(28-15-3-2-6-31(25(15)34)18-10-14-5-8-36-22(14)18)30-32-19(12-27-23(17)32)24(33)29-16-9-13-4-7-35-21(13)16/h2-3,6,11-14,16,18,21-22,26H,4-5,7-10H2,1H3,(H,28,30)(H,29,33)/t13-,14+,16-,18+,21-,22+/m0/s1. The van der Waals surface area contributed by atoms with E-state index in [1.807, 2.05) is 12.3 Å². The van der Waals surface area contributed by atoms with Crippen molar-refractivity contribution in [3.63, 3.8) is 0 Å². The molecule has 2 aliphatic heterocycles. The highest BCUT2D eigenvalue weighted by Gasteiger charge is 2.47. The number of hydrogen-bond acceptors (Lipinski definition) is 8. The van der Waals surface area contributed by atoms with Gasteiger partial charge in [-0.05, 0) is 49.7 Å². The highest BCUT2D eigenvalue weighted by atomic mass is 16.5. The molecule has 11 heteroatoms. The second-order valence-electron chi connectivity index (χ2n) is 10.2. The van der Waals surface area contributed by atoms with Crippen molar-refractivity contribution in [3.8, 4) is 0 Å². The number of anilines is 3. The van der Waals surface area contributed by atoms with Crippen LogP contribution in [0.1, 0.15) is 42.2 Å². The Hall–Kier alpha value is -3.44. The number of imidazole rings is 1. The summed E-state index contributed by atoms with van der Waals surface area (Å²) in [5, 5.41) is 14.0. The molecule has 5 heterocycles. The van der Waals surface area contributed by atoms with E-state index < -0.39 is 0 Å².